The second-order valence-electron chi connectivity index (χ2n) is 4.31. The molecule has 1 rings (SSSR count). The molecule has 0 saturated carbocycles. The molecule has 102 valence electrons. The Bertz CT molecular complexity index is 500. The summed E-state index contributed by atoms with van der Waals surface area (Å²) in [5.41, 5.74) is 8.75. The lowest BCUT2D eigenvalue weighted by molar-refractivity contribution is 0.587. The van der Waals surface area contributed by atoms with Crippen molar-refractivity contribution >= 4 is 21.4 Å². The number of nitrogens with zero attached hydrogens (tertiary/aromatic N) is 1. The van der Waals surface area contributed by atoms with Gasteiger partial charge >= 0.3 is 0 Å². The summed E-state index contributed by atoms with van der Waals surface area (Å²) >= 11 is 0. The van der Waals surface area contributed by atoms with Crippen LogP contribution in [0.25, 0.3) is 0 Å². The van der Waals surface area contributed by atoms with Gasteiger partial charge in [-0.1, -0.05) is 6.07 Å². The van der Waals surface area contributed by atoms with E-state index < -0.39 is 10.0 Å². The summed E-state index contributed by atoms with van der Waals surface area (Å²) in [6.45, 7) is 5.75. The van der Waals surface area contributed by atoms with Crippen molar-refractivity contribution in [2.24, 2.45) is 0 Å². The normalized spacial score (nSPS) is 11.5. The SMILES string of the molecule is CCN(CCNS(C)(=O)=O)c1ccc(C)cc1N. The third kappa shape index (κ3) is 4.54. The second kappa shape index (κ2) is 6.06. The van der Waals surface area contributed by atoms with Gasteiger partial charge in [-0.2, -0.15) is 0 Å². The zero-order valence-electron chi connectivity index (χ0n) is 11.1. The monoisotopic (exact) mass is 271 g/mol. The maximum absolute atomic E-state index is 11.0. The lowest BCUT2D eigenvalue weighted by Gasteiger charge is -2.24. The van der Waals surface area contributed by atoms with Crippen LogP contribution in [0.4, 0.5) is 11.4 Å². The van der Waals surface area contributed by atoms with Crippen molar-refractivity contribution in [1.29, 1.82) is 0 Å². The summed E-state index contributed by atoms with van der Waals surface area (Å²) in [4.78, 5) is 2.05. The first kappa shape index (κ1) is 14.8. The minimum absolute atomic E-state index is 0.375. The zero-order chi connectivity index (χ0) is 13.8. The molecule has 0 unspecified atom stereocenters. The number of aryl methyl sites for hydroxylation is 1. The lowest BCUT2D eigenvalue weighted by atomic mass is 10.2. The molecule has 1 aromatic rings. The topological polar surface area (TPSA) is 75.4 Å². The standard InChI is InChI=1S/C12H21N3O2S/c1-4-15(8-7-14-18(3,16)17)12-6-5-10(2)9-11(12)13/h5-6,9,14H,4,7-8,13H2,1-3H3. The van der Waals surface area contributed by atoms with Gasteiger partial charge in [-0.05, 0) is 31.5 Å². The molecule has 0 saturated heterocycles. The molecule has 3 N–H and O–H groups in total. The van der Waals surface area contributed by atoms with Crippen LogP contribution in [-0.2, 0) is 10.0 Å². The lowest BCUT2D eigenvalue weighted by Crippen LogP contribution is -2.34. The van der Waals surface area contributed by atoms with Gasteiger partial charge in [0.25, 0.3) is 0 Å². The van der Waals surface area contributed by atoms with Crippen LogP contribution in [0.1, 0.15) is 12.5 Å². The number of anilines is 2. The van der Waals surface area contributed by atoms with Crippen LogP contribution in [0.5, 0.6) is 0 Å². The fourth-order valence-electron chi connectivity index (χ4n) is 1.78. The van der Waals surface area contributed by atoms with Crippen molar-refractivity contribution in [2.75, 3.05) is 36.5 Å². The molecular weight excluding hydrogens is 250 g/mol. The third-order valence-corrected chi connectivity index (χ3v) is 3.38. The first-order valence-corrected chi connectivity index (χ1v) is 7.78. The Hall–Kier alpha value is -1.27. The predicted octanol–water partition coefficient (Wildman–Crippen LogP) is 0.953. The summed E-state index contributed by atoms with van der Waals surface area (Å²) in [6, 6.07) is 5.88. The highest BCUT2D eigenvalue weighted by atomic mass is 32.2. The number of hydrogen-bond acceptors (Lipinski definition) is 4. The van der Waals surface area contributed by atoms with Gasteiger partial charge in [0.05, 0.1) is 17.6 Å². The minimum Gasteiger partial charge on any atom is -0.397 e. The molecule has 0 aliphatic carbocycles. The van der Waals surface area contributed by atoms with Crippen LogP contribution < -0.4 is 15.4 Å². The van der Waals surface area contributed by atoms with Gasteiger partial charge < -0.3 is 10.6 Å². The number of likely N-dealkylation sites (N-methyl/N-ethyl adjacent to an activating group) is 1. The Labute approximate surface area is 109 Å². The first-order valence-electron chi connectivity index (χ1n) is 5.89. The Morgan fingerprint density at radius 1 is 1.39 bits per heavy atom. The molecule has 0 aliphatic heterocycles. The van der Waals surface area contributed by atoms with E-state index in [1.807, 2.05) is 36.9 Å². The molecule has 0 heterocycles. The van der Waals surface area contributed by atoms with E-state index in [2.05, 4.69) is 4.72 Å². The highest BCUT2D eigenvalue weighted by Gasteiger charge is 2.09. The third-order valence-electron chi connectivity index (χ3n) is 2.65. The van der Waals surface area contributed by atoms with E-state index in [-0.39, 0.29) is 0 Å². The van der Waals surface area contributed by atoms with Crippen molar-refractivity contribution in [3.8, 4) is 0 Å². The van der Waals surface area contributed by atoms with Crippen molar-refractivity contribution < 1.29 is 8.42 Å². The van der Waals surface area contributed by atoms with Gasteiger partial charge in [0.1, 0.15) is 0 Å². The summed E-state index contributed by atoms with van der Waals surface area (Å²) in [5.74, 6) is 0. The second-order valence-corrected chi connectivity index (χ2v) is 6.14. The highest BCUT2D eigenvalue weighted by molar-refractivity contribution is 7.88. The van der Waals surface area contributed by atoms with Crippen LogP contribution in [0.3, 0.4) is 0 Å². The molecule has 0 bridgehead atoms. The number of rotatable bonds is 6. The van der Waals surface area contributed by atoms with E-state index in [1.165, 1.54) is 0 Å². The van der Waals surface area contributed by atoms with E-state index in [9.17, 15) is 8.42 Å². The van der Waals surface area contributed by atoms with E-state index in [4.69, 9.17) is 5.73 Å². The average molecular weight is 271 g/mol. The van der Waals surface area contributed by atoms with Crippen LogP contribution in [0.15, 0.2) is 18.2 Å². The number of sulfonamides is 1. The molecule has 0 aliphatic rings. The maximum Gasteiger partial charge on any atom is 0.208 e. The maximum atomic E-state index is 11.0. The van der Waals surface area contributed by atoms with E-state index in [0.717, 1.165) is 29.7 Å². The smallest absolute Gasteiger partial charge is 0.208 e. The van der Waals surface area contributed by atoms with Gasteiger partial charge in [-0.15, -0.1) is 0 Å². The van der Waals surface area contributed by atoms with Crippen molar-refractivity contribution in [1.82, 2.24) is 4.72 Å². The van der Waals surface area contributed by atoms with Gasteiger partial charge in [0.2, 0.25) is 10.0 Å². The van der Waals surface area contributed by atoms with Gasteiger partial charge in [0.15, 0.2) is 0 Å². The van der Waals surface area contributed by atoms with E-state index >= 15 is 0 Å². The molecular formula is C12H21N3O2S. The quantitative estimate of drug-likeness (QED) is 0.755. The Balaban J connectivity index is 2.71. The molecule has 6 heteroatoms. The molecule has 0 atom stereocenters. The summed E-state index contributed by atoms with van der Waals surface area (Å²) in [6.07, 6.45) is 1.16. The Kier molecular flexibility index (Phi) is 4.98. The molecule has 0 fully saturated rings. The average Bonchev–Trinajstić information content (AvgIpc) is 2.24. The first-order chi connectivity index (χ1) is 8.33. The fraction of sp³-hybridized carbons (Fsp3) is 0.500. The minimum atomic E-state index is -3.13. The predicted molar refractivity (Wildman–Crippen MR) is 76.3 cm³/mol. The van der Waals surface area contributed by atoms with Crippen LogP contribution >= 0.6 is 0 Å². The summed E-state index contributed by atoms with van der Waals surface area (Å²) < 4.78 is 24.5. The highest BCUT2D eigenvalue weighted by Crippen LogP contribution is 2.23. The molecule has 5 nitrogen and oxygen atoms in total. The fourth-order valence-corrected chi connectivity index (χ4v) is 2.24. The van der Waals surface area contributed by atoms with E-state index in [1.54, 1.807) is 0 Å². The van der Waals surface area contributed by atoms with Crippen molar-refractivity contribution in [3.05, 3.63) is 23.8 Å². The number of nitrogens with one attached hydrogen (secondary N) is 1. The van der Waals surface area contributed by atoms with Crippen LogP contribution in [0.2, 0.25) is 0 Å². The largest absolute Gasteiger partial charge is 0.397 e. The van der Waals surface area contributed by atoms with Gasteiger partial charge in [-0.25, -0.2) is 13.1 Å². The summed E-state index contributed by atoms with van der Waals surface area (Å²) in [7, 11) is -3.13. The summed E-state index contributed by atoms with van der Waals surface area (Å²) in [5, 5.41) is 0. The van der Waals surface area contributed by atoms with Crippen LogP contribution in [0, 0.1) is 6.92 Å². The molecule has 0 amide bonds. The van der Waals surface area contributed by atoms with Crippen molar-refractivity contribution in [2.45, 2.75) is 13.8 Å². The number of hydrogen-bond donors (Lipinski definition) is 2. The molecule has 18 heavy (non-hydrogen) atoms. The Morgan fingerprint density at radius 2 is 2.06 bits per heavy atom. The Morgan fingerprint density at radius 3 is 2.56 bits per heavy atom. The zero-order valence-corrected chi connectivity index (χ0v) is 11.9. The van der Waals surface area contributed by atoms with Crippen LogP contribution in [-0.4, -0.2) is 34.3 Å². The number of nitrogen functional groups attached to an aromatic ring is 1. The number of nitrogens with two attached hydrogens (primary N) is 1. The number of benzene rings is 1. The van der Waals surface area contributed by atoms with Gasteiger partial charge in [-0.3, -0.25) is 0 Å². The molecule has 0 spiro atoms. The van der Waals surface area contributed by atoms with E-state index in [0.29, 0.717) is 13.1 Å². The molecule has 0 radical (unpaired) electrons. The van der Waals surface area contributed by atoms with Crippen molar-refractivity contribution in [3.63, 3.8) is 0 Å². The van der Waals surface area contributed by atoms with Gasteiger partial charge in [0, 0.05) is 19.6 Å². The molecule has 0 aromatic heterocycles. The molecule has 1 aromatic carbocycles.